The van der Waals surface area contributed by atoms with E-state index in [-0.39, 0.29) is 18.0 Å². The molecule has 4 aromatic rings. The summed E-state index contributed by atoms with van der Waals surface area (Å²) in [5.41, 5.74) is 2.64. The van der Waals surface area contributed by atoms with Gasteiger partial charge in [-0.3, -0.25) is 19.5 Å². The first-order valence-corrected chi connectivity index (χ1v) is 9.13. The molecule has 4 rings (SSSR count). The quantitative estimate of drug-likeness (QED) is 0.273. The zero-order valence-corrected chi connectivity index (χ0v) is 16.6. The number of non-ortho nitro benzene ring substituents is 1. The number of aryl methyl sites for hydroxylation is 2. The van der Waals surface area contributed by atoms with Crippen molar-refractivity contribution in [2.75, 3.05) is 0 Å². The largest absolute Gasteiger partial charge is 0.360 e. The van der Waals surface area contributed by atoms with Gasteiger partial charge in [0.2, 0.25) is 0 Å². The Bertz CT molecular complexity index is 1270. The Kier molecular flexibility index (Phi) is 4.74. The summed E-state index contributed by atoms with van der Waals surface area (Å²) in [6, 6.07) is 9.66. The first kappa shape index (κ1) is 19.2. The van der Waals surface area contributed by atoms with Crippen LogP contribution in [0.5, 0.6) is 0 Å². The van der Waals surface area contributed by atoms with Crippen LogP contribution in [0.4, 0.5) is 5.69 Å². The van der Waals surface area contributed by atoms with Crippen LogP contribution in [0.15, 0.2) is 47.2 Å². The summed E-state index contributed by atoms with van der Waals surface area (Å²) in [6.07, 6.45) is 1.44. The van der Waals surface area contributed by atoms with E-state index in [1.807, 2.05) is 18.4 Å². The van der Waals surface area contributed by atoms with E-state index in [9.17, 15) is 14.9 Å². The second-order valence-electron chi connectivity index (χ2n) is 6.91. The number of Topliss-reactive ketones (excluding diaryl/α,β-unsaturated/α-hetero) is 1. The number of nitro groups is 1. The number of nitro benzene ring substituents is 1. The lowest BCUT2D eigenvalue weighted by molar-refractivity contribution is -0.384. The molecule has 152 valence electrons. The Morgan fingerprint density at radius 1 is 1.20 bits per heavy atom. The lowest BCUT2D eigenvalue weighted by Crippen LogP contribution is -2.12. The van der Waals surface area contributed by atoms with Crippen molar-refractivity contribution in [1.29, 1.82) is 0 Å². The van der Waals surface area contributed by atoms with Crippen LogP contribution in [0, 0.1) is 30.9 Å². The number of carbonyl (C=O) groups is 1. The van der Waals surface area contributed by atoms with Gasteiger partial charge in [0.25, 0.3) is 5.69 Å². The SMILES string of the molecule is Cc1cc(-n2c(C)cc(C(=O)Cn3cnc(-c4cccc([N+](=O)[O-])c4)n3)c2C)no1. The van der Waals surface area contributed by atoms with Gasteiger partial charge in [-0.05, 0) is 26.8 Å². The average molecular weight is 406 g/mol. The van der Waals surface area contributed by atoms with Gasteiger partial charge in [0.1, 0.15) is 18.6 Å². The zero-order valence-electron chi connectivity index (χ0n) is 16.6. The molecule has 30 heavy (non-hydrogen) atoms. The zero-order chi connectivity index (χ0) is 21.4. The summed E-state index contributed by atoms with van der Waals surface area (Å²) in [7, 11) is 0. The Morgan fingerprint density at radius 2 is 2.00 bits per heavy atom. The maximum absolute atomic E-state index is 12.9. The van der Waals surface area contributed by atoms with E-state index < -0.39 is 4.92 Å². The highest BCUT2D eigenvalue weighted by atomic mass is 16.6. The third-order valence-electron chi connectivity index (χ3n) is 4.73. The fourth-order valence-corrected chi connectivity index (χ4v) is 3.35. The molecular formula is C20H18N6O4. The number of benzene rings is 1. The van der Waals surface area contributed by atoms with Crippen LogP contribution in [-0.4, -0.2) is 35.2 Å². The molecule has 3 heterocycles. The van der Waals surface area contributed by atoms with Crippen molar-refractivity contribution in [2.45, 2.75) is 27.3 Å². The summed E-state index contributed by atoms with van der Waals surface area (Å²) in [6.45, 7) is 5.54. The number of hydrogen-bond donors (Lipinski definition) is 0. The molecule has 0 atom stereocenters. The molecule has 0 fully saturated rings. The third-order valence-corrected chi connectivity index (χ3v) is 4.73. The van der Waals surface area contributed by atoms with Gasteiger partial charge in [-0.2, -0.15) is 5.10 Å². The van der Waals surface area contributed by atoms with E-state index in [2.05, 4.69) is 15.2 Å². The van der Waals surface area contributed by atoms with Crippen LogP contribution >= 0.6 is 0 Å². The highest BCUT2D eigenvalue weighted by Crippen LogP contribution is 2.23. The molecule has 0 aliphatic heterocycles. The number of carbonyl (C=O) groups excluding carboxylic acids is 1. The minimum atomic E-state index is -0.476. The van der Waals surface area contributed by atoms with Gasteiger partial charge in [-0.25, -0.2) is 9.67 Å². The molecule has 3 aromatic heterocycles. The highest BCUT2D eigenvalue weighted by molar-refractivity contribution is 5.97. The lowest BCUT2D eigenvalue weighted by atomic mass is 10.1. The van der Waals surface area contributed by atoms with Gasteiger partial charge in [-0.1, -0.05) is 17.3 Å². The van der Waals surface area contributed by atoms with Crippen molar-refractivity contribution in [3.63, 3.8) is 0 Å². The smallest absolute Gasteiger partial charge is 0.270 e. The molecule has 0 bridgehead atoms. The van der Waals surface area contributed by atoms with Crippen LogP contribution in [0.3, 0.4) is 0 Å². The second kappa shape index (κ2) is 7.39. The van der Waals surface area contributed by atoms with Crippen LogP contribution in [-0.2, 0) is 6.54 Å². The Hall–Kier alpha value is -4.08. The maximum atomic E-state index is 12.9. The van der Waals surface area contributed by atoms with E-state index in [4.69, 9.17) is 4.52 Å². The van der Waals surface area contributed by atoms with E-state index in [1.54, 1.807) is 31.2 Å². The molecule has 0 N–H and O–H groups in total. The first-order valence-electron chi connectivity index (χ1n) is 9.13. The minimum absolute atomic E-state index is 0.00986. The fraction of sp³-hybridized carbons (Fsp3) is 0.200. The monoisotopic (exact) mass is 406 g/mol. The molecule has 1 aromatic carbocycles. The molecule has 0 aliphatic carbocycles. The second-order valence-corrected chi connectivity index (χ2v) is 6.91. The average Bonchev–Trinajstić information content (AvgIpc) is 3.41. The molecule has 0 saturated carbocycles. The van der Waals surface area contributed by atoms with Crippen molar-refractivity contribution in [3.05, 3.63) is 75.6 Å². The molecule has 10 heteroatoms. The maximum Gasteiger partial charge on any atom is 0.270 e. The number of nitrogens with zero attached hydrogens (tertiary/aromatic N) is 6. The molecule has 0 unspecified atom stereocenters. The van der Waals surface area contributed by atoms with Crippen molar-refractivity contribution in [1.82, 2.24) is 24.5 Å². The van der Waals surface area contributed by atoms with E-state index >= 15 is 0 Å². The number of aromatic nitrogens is 5. The van der Waals surface area contributed by atoms with Crippen molar-refractivity contribution < 1.29 is 14.2 Å². The van der Waals surface area contributed by atoms with Gasteiger partial charge >= 0.3 is 0 Å². The van der Waals surface area contributed by atoms with Gasteiger partial charge in [0.05, 0.1) is 4.92 Å². The fourth-order valence-electron chi connectivity index (χ4n) is 3.35. The van der Waals surface area contributed by atoms with Crippen LogP contribution < -0.4 is 0 Å². The van der Waals surface area contributed by atoms with Crippen molar-refractivity contribution >= 4 is 11.5 Å². The standard InChI is InChI=1S/C20H18N6O4/c1-12-7-17(14(3)25(12)19-8-13(2)30-23-19)18(27)10-24-11-21-20(22-24)15-5-4-6-16(9-15)26(28)29/h4-9,11H,10H2,1-3H3. The summed E-state index contributed by atoms with van der Waals surface area (Å²) in [5.74, 6) is 1.48. The minimum Gasteiger partial charge on any atom is -0.360 e. The molecule has 0 spiro atoms. The summed E-state index contributed by atoms with van der Waals surface area (Å²) in [4.78, 5) is 27.6. The van der Waals surface area contributed by atoms with Gasteiger partial charge in [-0.15, -0.1) is 0 Å². The Labute approximate surface area is 170 Å². The van der Waals surface area contributed by atoms with Crippen LogP contribution in [0.25, 0.3) is 17.2 Å². The summed E-state index contributed by atoms with van der Waals surface area (Å²) >= 11 is 0. The predicted octanol–water partition coefficient (Wildman–Crippen LogP) is 3.44. The topological polar surface area (TPSA) is 122 Å². The van der Waals surface area contributed by atoms with E-state index in [1.165, 1.54) is 23.1 Å². The van der Waals surface area contributed by atoms with Gasteiger partial charge in [0.15, 0.2) is 17.4 Å². The normalized spacial score (nSPS) is 11.0. The van der Waals surface area contributed by atoms with Crippen LogP contribution in [0.2, 0.25) is 0 Å². The third kappa shape index (κ3) is 3.50. The highest BCUT2D eigenvalue weighted by Gasteiger charge is 2.19. The molecule has 0 radical (unpaired) electrons. The lowest BCUT2D eigenvalue weighted by Gasteiger charge is -2.05. The Balaban J connectivity index is 1.57. The van der Waals surface area contributed by atoms with Crippen LogP contribution in [0.1, 0.15) is 27.5 Å². The van der Waals surface area contributed by atoms with Crippen molar-refractivity contribution in [2.24, 2.45) is 0 Å². The molecule has 0 amide bonds. The van der Waals surface area contributed by atoms with E-state index in [0.717, 1.165) is 11.4 Å². The summed E-state index contributed by atoms with van der Waals surface area (Å²) in [5, 5.41) is 19.3. The molecule has 10 nitrogen and oxygen atoms in total. The molecule has 0 aliphatic rings. The van der Waals surface area contributed by atoms with Gasteiger partial charge < -0.3 is 4.52 Å². The number of rotatable bonds is 6. The molecule has 0 saturated heterocycles. The first-order chi connectivity index (χ1) is 14.3. The van der Waals surface area contributed by atoms with Gasteiger partial charge in [0, 0.05) is 40.7 Å². The number of ketones is 1. The predicted molar refractivity (Wildman–Crippen MR) is 106 cm³/mol. The Morgan fingerprint density at radius 3 is 2.70 bits per heavy atom. The summed E-state index contributed by atoms with van der Waals surface area (Å²) < 4.78 is 8.42. The van der Waals surface area contributed by atoms with E-state index in [0.29, 0.717) is 28.5 Å². The van der Waals surface area contributed by atoms with Crippen molar-refractivity contribution in [3.8, 4) is 17.2 Å². The molecular weight excluding hydrogens is 388 g/mol. The number of hydrogen-bond acceptors (Lipinski definition) is 7.